The van der Waals surface area contributed by atoms with Crippen molar-refractivity contribution in [1.82, 2.24) is 0 Å². The van der Waals surface area contributed by atoms with Gasteiger partial charge in [-0.1, -0.05) is 0 Å². The molecule has 0 aliphatic carbocycles. The molecule has 0 saturated carbocycles. The summed E-state index contributed by atoms with van der Waals surface area (Å²) < 4.78 is 3.20. The molecule has 5 heteroatoms. The first-order valence-electron chi connectivity index (χ1n) is 0.881. The molecule has 25 valence electrons. The third-order valence-electron chi connectivity index (χ3n) is 0.0942. The SMILES string of the molecule is OO/N=[N]/[Hg]. The van der Waals surface area contributed by atoms with E-state index >= 15 is 0 Å². The second-order valence-corrected chi connectivity index (χ2v) is 1.40. The Kier molecular flexibility index (Phi) is 4.55. The van der Waals surface area contributed by atoms with Crippen LogP contribution in [0.5, 0.6) is 0 Å². The summed E-state index contributed by atoms with van der Waals surface area (Å²) in [6.07, 6.45) is 0. The van der Waals surface area contributed by atoms with Crippen LogP contribution in [0.25, 0.3) is 0 Å². The van der Waals surface area contributed by atoms with Crippen LogP contribution < -0.4 is 0 Å². The van der Waals surface area contributed by atoms with Crippen LogP contribution in [0.2, 0.25) is 0 Å². The van der Waals surface area contributed by atoms with E-state index in [4.69, 9.17) is 5.26 Å². The third-order valence-corrected chi connectivity index (χ3v) is 0.543. The molecule has 0 aromatic carbocycles. The standard InChI is InChI=1S/Hg.HN2O2/c;1-2-4-3/h;3H/q+1;-1. The zero-order chi connectivity index (χ0) is 4.12. The molecule has 4 nitrogen and oxygen atoms in total. The molecule has 0 spiro atoms. The molecule has 0 saturated heterocycles. The molecule has 1 N–H and O–H groups in total. The second-order valence-electron chi connectivity index (χ2n) is 0.305. The summed E-state index contributed by atoms with van der Waals surface area (Å²) in [5, 5.41) is 10.1. The molecule has 0 heterocycles. The quantitative estimate of drug-likeness (QED) is 0.320. The minimum absolute atomic E-state index is 0.247. The van der Waals surface area contributed by atoms with Crippen molar-refractivity contribution in [1.29, 1.82) is 0 Å². The zero-order valence-electron chi connectivity index (χ0n) is 2.46. The van der Waals surface area contributed by atoms with Gasteiger partial charge in [0, 0.05) is 0 Å². The first-order valence-corrected chi connectivity index (χ1v) is 3.34. The third kappa shape index (κ3) is 4.30. The Morgan fingerprint density at radius 2 is 2.40 bits per heavy atom. The molecule has 0 fully saturated rings. The Morgan fingerprint density at radius 3 is 2.40 bits per heavy atom. The predicted octanol–water partition coefficient (Wildman–Crippen LogP) is 0.305. The predicted molar refractivity (Wildman–Crippen MR) is 8.57 cm³/mol. The Balaban J connectivity index is 2.62. The van der Waals surface area contributed by atoms with Gasteiger partial charge in [-0.3, -0.25) is 0 Å². The summed E-state index contributed by atoms with van der Waals surface area (Å²) in [6, 6.07) is 0. The summed E-state index contributed by atoms with van der Waals surface area (Å²) in [4.78, 5) is 3.20. The van der Waals surface area contributed by atoms with E-state index in [2.05, 4.69) is 13.1 Å². The fourth-order valence-corrected chi connectivity index (χ4v) is 0.227. The van der Waals surface area contributed by atoms with Gasteiger partial charge in [-0.25, -0.2) is 0 Å². The molecule has 0 aliphatic rings. The maximum absolute atomic E-state index is 7.34. The van der Waals surface area contributed by atoms with Gasteiger partial charge >= 0.3 is 44.8 Å². The van der Waals surface area contributed by atoms with Crippen molar-refractivity contribution in [2.24, 2.45) is 8.16 Å². The average molecular weight is 262 g/mol. The molecule has 0 radical (unpaired) electrons. The Hall–Kier alpha value is 0.295. The molecule has 0 unspecified atom stereocenters. The van der Waals surface area contributed by atoms with Gasteiger partial charge in [0.25, 0.3) is 0 Å². The fourth-order valence-electron chi connectivity index (χ4n) is 0.0258. The summed E-state index contributed by atoms with van der Waals surface area (Å²) in [5.41, 5.74) is 0. The number of rotatable bonds is 1. The van der Waals surface area contributed by atoms with Gasteiger partial charge in [0.2, 0.25) is 0 Å². The van der Waals surface area contributed by atoms with Crippen LogP contribution in [0.15, 0.2) is 8.16 Å². The average Bonchev–Trinajstić information content (AvgIpc) is 1.41. The van der Waals surface area contributed by atoms with Gasteiger partial charge in [-0.15, -0.1) is 0 Å². The van der Waals surface area contributed by atoms with Crippen LogP contribution in [0.1, 0.15) is 0 Å². The van der Waals surface area contributed by atoms with Crippen LogP contribution in [-0.2, 0) is 31.4 Å². The molecule has 0 aromatic rings. The summed E-state index contributed by atoms with van der Waals surface area (Å²) >= 11 is 0.247. The molecule has 0 atom stereocenters. The second kappa shape index (κ2) is 4.30. The molecule has 0 aromatic heterocycles. The van der Waals surface area contributed by atoms with Crippen LogP contribution in [-0.4, -0.2) is 5.26 Å². The number of hydrogen-bond acceptors (Lipinski definition) is 4. The number of nitrogens with zero attached hydrogens (tertiary/aromatic N) is 2. The van der Waals surface area contributed by atoms with Gasteiger partial charge in [-0.2, -0.15) is 0 Å². The van der Waals surface area contributed by atoms with E-state index in [1.165, 1.54) is 0 Å². The van der Waals surface area contributed by atoms with Gasteiger partial charge in [0.05, 0.1) is 0 Å². The monoisotopic (exact) mass is 263 g/mol. The van der Waals surface area contributed by atoms with Crippen LogP contribution in [0, 0.1) is 0 Å². The Labute approximate surface area is 45.1 Å². The van der Waals surface area contributed by atoms with Crippen molar-refractivity contribution in [2.45, 2.75) is 0 Å². The van der Waals surface area contributed by atoms with Crippen LogP contribution in [0.3, 0.4) is 0 Å². The van der Waals surface area contributed by atoms with Gasteiger partial charge in [-0.05, 0) is 0 Å². The van der Waals surface area contributed by atoms with E-state index in [0.717, 1.165) is 0 Å². The van der Waals surface area contributed by atoms with E-state index in [1.54, 1.807) is 0 Å². The van der Waals surface area contributed by atoms with E-state index in [1.807, 2.05) is 0 Å². The van der Waals surface area contributed by atoms with Gasteiger partial charge in [0.15, 0.2) is 0 Å². The normalized spacial score (nSPS) is 9.40. The van der Waals surface area contributed by atoms with E-state index in [0.29, 0.717) is 0 Å². The van der Waals surface area contributed by atoms with Gasteiger partial charge < -0.3 is 0 Å². The summed E-state index contributed by atoms with van der Waals surface area (Å²) in [7, 11) is 0. The molecular weight excluding hydrogens is 261 g/mol. The number of hydrogen-bond donors (Lipinski definition) is 1. The van der Waals surface area contributed by atoms with Crippen molar-refractivity contribution in [3.8, 4) is 0 Å². The first kappa shape index (κ1) is 5.30. The Bertz CT molecular complexity index is 34.6. The molecule has 0 aliphatic heterocycles. The van der Waals surface area contributed by atoms with Gasteiger partial charge in [0.1, 0.15) is 0 Å². The van der Waals surface area contributed by atoms with Crippen molar-refractivity contribution >= 4 is 0 Å². The molecule has 0 amide bonds. The Morgan fingerprint density at radius 1 is 1.80 bits per heavy atom. The van der Waals surface area contributed by atoms with Crippen molar-refractivity contribution in [3.63, 3.8) is 0 Å². The van der Waals surface area contributed by atoms with Crippen molar-refractivity contribution in [2.75, 3.05) is 0 Å². The van der Waals surface area contributed by atoms with Crippen molar-refractivity contribution < 1.29 is 36.7 Å². The van der Waals surface area contributed by atoms with Crippen LogP contribution >= 0.6 is 0 Å². The molecule has 5 heavy (non-hydrogen) atoms. The fraction of sp³-hybridized carbons (Fsp3) is 0. The summed E-state index contributed by atoms with van der Waals surface area (Å²) in [5.74, 6) is 0. The molecular formula is HHgN2O2. The molecule has 0 bridgehead atoms. The van der Waals surface area contributed by atoms with Crippen molar-refractivity contribution in [3.05, 3.63) is 0 Å². The van der Waals surface area contributed by atoms with E-state index in [9.17, 15) is 0 Å². The maximum atomic E-state index is 7.34. The van der Waals surface area contributed by atoms with Crippen LogP contribution in [0.4, 0.5) is 0 Å². The topological polar surface area (TPSA) is 54.2 Å². The molecule has 0 rings (SSSR count). The summed E-state index contributed by atoms with van der Waals surface area (Å²) in [6.45, 7) is 0. The van der Waals surface area contributed by atoms with E-state index < -0.39 is 0 Å². The minimum atomic E-state index is 0.247. The first-order chi connectivity index (χ1) is 2.41. The van der Waals surface area contributed by atoms with E-state index in [-0.39, 0.29) is 26.4 Å². The zero-order valence-corrected chi connectivity index (χ0v) is 7.95.